The predicted octanol–water partition coefficient (Wildman–Crippen LogP) is 2.84. The number of nitrogens with one attached hydrogen (secondary N) is 1. The standard InChI is InChI=1S/C10H15BrClNO4S2/c1-3-16-8(17-4-2)6-13-19(14,15)9-5-7(12)10(11)18-9/h5,8,13H,3-4,6H2,1-2H3. The lowest BCUT2D eigenvalue weighted by molar-refractivity contribution is -0.130. The predicted molar refractivity (Wildman–Crippen MR) is 79.3 cm³/mol. The lowest BCUT2D eigenvalue weighted by Gasteiger charge is -2.17. The van der Waals surface area contributed by atoms with Gasteiger partial charge < -0.3 is 9.47 Å². The van der Waals surface area contributed by atoms with E-state index < -0.39 is 16.3 Å². The SMILES string of the molecule is CCOC(CNS(=O)(=O)c1cc(Cl)c(Br)s1)OCC. The first-order valence-electron chi connectivity index (χ1n) is 5.58. The van der Waals surface area contributed by atoms with Crippen molar-refractivity contribution < 1.29 is 17.9 Å². The molecule has 110 valence electrons. The second kappa shape index (κ2) is 7.92. The van der Waals surface area contributed by atoms with E-state index in [1.54, 1.807) is 0 Å². The van der Waals surface area contributed by atoms with Crippen molar-refractivity contribution in [2.75, 3.05) is 19.8 Å². The molecule has 5 nitrogen and oxygen atoms in total. The molecule has 19 heavy (non-hydrogen) atoms. The lowest BCUT2D eigenvalue weighted by atomic mass is 10.6. The zero-order chi connectivity index (χ0) is 14.5. The van der Waals surface area contributed by atoms with Gasteiger partial charge in [0.05, 0.1) is 15.4 Å². The van der Waals surface area contributed by atoms with Crippen LogP contribution < -0.4 is 4.72 Å². The molecule has 0 fully saturated rings. The Labute approximate surface area is 130 Å². The average Bonchev–Trinajstić information content (AvgIpc) is 2.68. The Bertz CT molecular complexity index is 480. The number of ether oxygens (including phenoxy) is 2. The molecule has 0 bridgehead atoms. The molecule has 0 spiro atoms. The van der Waals surface area contributed by atoms with E-state index in [0.29, 0.717) is 22.0 Å². The highest BCUT2D eigenvalue weighted by molar-refractivity contribution is 9.11. The minimum Gasteiger partial charge on any atom is -0.352 e. The van der Waals surface area contributed by atoms with Gasteiger partial charge in [-0.2, -0.15) is 0 Å². The molecule has 1 aromatic heterocycles. The van der Waals surface area contributed by atoms with E-state index in [1.165, 1.54) is 6.07 Å². The van der Waals surface area contributed by atoms with Crippen LogP contribution in [-0.4, -0.2) is 34.5 Å². The molecular formula is C10H15BrClNO4S2. The summed E-state index contributed by atoms with van der Waals surface area (Å²) >= 11 is 10.1. The molecule has 1 N–H and O–H groups in total. The molecule has 0 aromatic carbocycles. The van der Waals surface area contributed by atoms with E-state index in [0.717, 1.165) is 11.3 Å². The van der Waals surface area contributed by atoms with Crippen molar-refractivity contribution in [3.8, 4) is 0 Å². The number of hydrogen-bond donors (Lipinski definition) is 1. The number of rotatable bonds is 8. The molecule has 0 unspecified atom stereocenters. The summed E-state index contributed by atoms with van der Waals surface area (Å²) < 4.78 is 37.7. The summed E-state index contributed by atoms with van der Waals surface area (Å²) in [5.41, 5.74) is 0. The average molecular weight is 393 g/mol. The Kier molecular flexibility index (Phi) is 7.23. The van der Waals surface area contributed by atoms with Crippen LogP contribution in [0.15, 0.2) is 14.1 Å². The van der Waals surface area contributed by atoms with E-state index in [4.69, 9.17) is 21.1 Å². The number of sulfonamides is 1. The second-order valence-electron chi connectivity index (χ2n) is 3.38. The lowest BCUT2D eigenvalue weighted by Crippen LogP contribution is -2.35. The van der Waals surface area contributed by atoms with Crippen LogP contribution in [0.25, 0.3) is 0 Å². The van der Waals surface area contributed by atoms with Crippen LogP contribution in [0.5, 0.6) is 0 Å². The van der Waals surface area contributed by atoms with Crippen molar-refractivity contribution in [2.24, 2.45) is 0 Å². The molecular weight excluding hydrogens is 378 g/mol. The van der Waals surface area contributed by atoms with Gasteiger partial charge in [0.1, 0.15) is 4.21 Å². The fourth-order valence-electron chi connectivity index (χ4n) is 1.25. The van der Waals surface area contributed by atoms with Crippen molar-refractivity contribution in [3.05, 3.63) is 14.9 Å². The van der Waals surface area contributed by atoms with Crippen LogP contribution in [0.1, 0.15) is 13.8 Å². The highest BCUT2D eigenvalue weighted by Crippen LogP contribution is 2.34. The molecule has 1 rings (SSSR count). The van der Waals surface area contributed by atoms with Gasteiger partial charge in [-0.1, -0.05) is 11.6 Å². The number of halogens is 2. The first-order chi connectivity index (χ1) is 8.90. The minimum atomic E-state index is -3.60. The van der Waals surface area contributed by atoms with Gasteiger partial charge in [-0.05, 0) is 35.8 Å². The third kappa shape index (κ3) is 5.30. The van der Waals surface area contributed by atoms with E-state index in [9.17, 15) is 8.42 Å². The second-order valence-corrected chi connectivity index (χ2v) is 8.15. The van der Waals surface area contributed by atoms with Crippen LogP contribution in [0.3, 0.4) is 0 Å². The van der Waals surface area contributed by atoms with E-state index in [1.807, 2.05) is 13.8 Å². The fraction of sp³-hybridized carbons (Fsp3) is 0.600. The Morgan fingerprint density at radius 1 is 1.42 bits per heavy atom. The largest absolute Gasteiger partial charge is 0.352 e. The summed E-state index contributed by atoms with van der Waals surface area (Å²) in [4.78, 5) is 0. The molecule has 0 atom stereocenters. The summed E-state index contributed by atoms with van der Waals surface area (Å²) in [7, 11) is -3.60. The zero-order valence-electron chi connectivity index (χ0n) is 10.5. The quantitative estimate of drug-likeness (QED) is 0.691. The summed E-state index contributed by atoms with van der Waals surface area (Å²) in [6.45, 7) is 4.58. The number of thiophene rings is 1. The summed E-state index contributed by atoms with van der Waals surface area (Å²) in [6.07, 6.45) is -0.594. The first-order valence-corrected chi connectivity index (χ1v) is 9.05. The van der Waals surface area contributed by atoms with E-state index in [-0.39, 0.29) is 10.8 Å². The van der Waals surface area contributed by atoms with Gasteiger partial charge in [0.25, 0.3) is 0 Å². The van der Waals surface area contributed by atoms with Crippen LogP contribution >= 0.6 is 38.9 Å². The van der Waals surface area contributed by atoms with E-state index in [2.05, 4.69) is 20.7 Å². The third-order valence-electron chi connectivity index (χ3n) is 2.03. The third-order valence-corrected chi connectivity index (χ3v) is 6.40. The van der Waals surface area contributed by atoms with Gasteiger partial charge in [-0.15, -0.1) is 11.3 Å². The van der Waals surface area contributed by atoms with Crippen LogP contribution in [0.4, 0.5) is 0 Å². The molecule has 0 aliphatic rings. The molecule has 1 heterocycles. The molecule has 0 saturated carbocycles. The summed E-state index contributed by atoms with van der Waals surface area (Å²) in [5, 5.41) is 0.372. The molecule has 0 aliphatic carbocycles. The molecule has 1 aromatic rings. The van der Waals surface area contributed by atoms with Gasteiger partial charge in [0.2, 0.25) is 10.0 Å². The van der Waals surface area contributed by atoms with Crippen molar-refractivity contribution in [3.63, 3.8) is 0 Å². The van der Waals surface area contributed by atoms with Crippen LogP contribution in [0, 0.1) is 0 Å². The molecule has 0 amide bonds. The highest BCUT2D eigenvalue weighted by Gasteiger charge is 2.20. The zero-order valence-corrected chi connectivity index (χ0v) is 14.5. The van der Waals surface area contributed by atoms with Crippen molar-refractivity contribution in [1.29, 1.82) is 0 Å². The topological polar surface area (TPSA) is 64.6 Å². The van der Waals surface area contributed by atoms with Gasteiger partial charge in [0, 0.05) is 13.2 Å². The van der Waals surface area contributed by atoms with Gasteiger partial charge >= 0.3 is 0 Å². The van der Waals surface area contributed by atoms with Crippen molar-refractivity contribution in [1.82, 2.24) is 4.72 Å². The van der Waals surface area contributed by atoms with Gasteiger partial charge in [-0.3, -0.25) is 0 Å². The van der Waals surface area contributed by atoms with Crippen molar-refractivity contribution in [2.45, 2.75) is 24.3 Å². The highest BCUT2D eigenvalue weighted by atomic mass is 79.9. The Morgan fingerprint density at radius 3 is 2.42 bits per heavy atom. The van der Waals surface area contributed by atoms with Gasteiger partial charge in [0.15, 0.2) is 6.29 Å². The van der Waals surface area contributed by atoms with Crippen LogP contribution in [-0.2, 0) is 19.5 Å². The molecule has 0 radical (unpaired) electrons. The maximum atomic E-state index is 12.0. The maximum Gasteiger partial charge on any atom is 0.250 e. The summed E-state index contributed by atoms with van der Waals surface area (Å²) in [5.74, 6) is 0. The fourth-order valence-corrected chi connectivity index (χ4v) is 4.71. The smallest absolute Gasteiger partial charge is 0.250 e. The van der Waals surface area contributed by atoms with Crippen molar-refractivity contribution >= 4 is 48.9 Å². The Hall–Kier alpha value is 0.300. The van der Waals surface area contributed by atoms with E-state index >= 15 is 0 Å². The first kappa shape index (κ1) is 17.4. The minimum absolute atomic E-state index is 0.0527. The summed E-state index contributed by atoms with van der Waals surface area (Å²) in [6, 6.07) is 1.40. The van der Waals surface area contributed by atoms with Gasteiger partial charge in [-0.25, -0.2) is 13.1 Å². The Balaban J connectivity index is 2.68. The normalized spacial score (nSPS) is 12.3. The number of hydrogen-bond acceptors (Lipinski definition) is 5. The monoisotopic (exact) mass is 391 g/mol. The maximum absolute atomic E-state index is 12.0. The molecule has 0 aliphatic heterocycles. The van der Waals surface area contributed by atoms with Crippen LogP contribution in [0.2, 0.25) is 5.02 Å². The Morgan fingerprint density at radius 2 is 2.00 bits per heavy atom. The molecule has 0 saturated heterocycles. The molecule has 9 heteroatoms.